The summed E-state index contributed by atoms with van der Waals surface area (Å²) in [6.07, 6.45) is 6.78. The van der Waals surface area contributed by atoms with Crippen molar-refractivity contribution in [1.29, 1.82) is 0 Å². The van der Waals surface area contributed by atoms with E-state index in [0.717, 1.165) is 24.0 Å². The van der Waals surface area contributed by atoms with Gasteiger partial charge in [0.15, 0.2) is 0 Å². The second-order valence-electron chi connectivity index (χ2n) is 3.84. The third-order valence-corrected chi connectivity index (χ3v) is 2.40. The summed E-state index contributed by atoms with van der Waals surface area (Å²) in [5.41, 5.74) is 1.72. The van der Waals surface area contributed by atoms with Crippen LogP contribution in [-0.2, 0) is 6.61 Å². The van der Waals surface area contributed by atoms with Gasteiger partial charge in [-0.15, -0.1) is 0 Å². The largest absolute Gasteiger partial charge is 0.392 e. The zero-order valence-electron chi connectivity index (χ0n) is 10.7. The molecule has 0 aliphatic carbocycles. The van der Waals surface area contributed by atoms with Crippen LogP contribution in [0, 0.1) is 23.7 Å². The molecule has 0 saturated heterocycles. The maximum absolute atomic E-state index is 9.13. The second kappa shape index (κ2) is 9.11. The Morgan fingerprint density at radius 1 is 1.17 bits per heavy atom. The first-order chi connectivity index (χ1) is 8.88. The smallest absolute Gasteiger partial charge is 0.0694 e. The van der Waals surface area contributed by atoms with Gasteiger partial charge in [-0.3, -0.25) is 0 Å². The number of aliphatic hydroxyl groups is 1. The SMILES string of the molecule is CCCCC#CC=CC#Cc1ccccc1CO. The molecule has 0 fully saturated rings. The highest BCUT2D eigenvalue weighted by Crippen LogP contribution is 2.06. The Hall–Kier alpha value is -1.96. The lowest BCUT2D eigenvalue weighted by molar-refractivity contribution is 0.281. The van der Waals surface area contributed by atoms with E-state index in [1.165, 1.54) is 6.42 Å². The van der Waals surface area contributed by atoms with Crippen molar-refractivity contribution in [3.63, 3.8) is 0 Å². The van der Waals surface area contributed by atoms with Crippen LogP contribution in [0.5, 0.6) is 0 Å². The van der Waals surface area contributed by atoms with Crippen LogP contribution in [0.2, 0.25) is 0 Å². The molecule has 0 atom stereocenters. The second-order valence-corrected chi connectivity index (χ2v) is 3.84. The number of hydrogen-bond donors (Lipinski definition) is 1. The molecule has 1 N–H and O–H groups in total. The summed E-state index contributed by atoms with van der Waals surface area (Å²) in [4.78, 5) is 0. The fourth-order valence-electron chi connectivity index (χ4n) is 1.38. The highest BCUT2D eigenvalue weighted by Gasteiger charge is 1.94. The van der Waals surface area contributed by atoms with Gasteiger partial charge >= 0.3 is 0 Å². The minimum absolute atomic E-state index is 0.0192. The molecular weight excluding hydrogens is 220 g/mol. The maximum atomic E-state index is 9.13. The Morgan fingerprint density at radius 3 is 2.72 bits per heavy atom. The van der Waals surface area contributed by atoms with Crippen molar-refractivity contribution >= 4 is 0 Å². The maximum Gasteiger partial charge on any atom is 0.0694 e. The fraction of sp³-hybridized carbons (Fsp3) is 0.294. The molecule has 0 aromatic heterocycles. The molecule has 0 spiro atoms. The molecule has 1 nitrogen and oxygen atoms in total. The van der Waals surface area contributed by atoms with Gasteiger partial charge in [0.25, 0.3) is 0 Å². The number of allylic oxidation sites excluding steroid dienone is 2. The highest BCUT2D eigenvalue weighted by molar-refractivity contribution is 5.43. The van der Waals surface area contributed by atoms with Gasteiger partial charge in [0, 0.05) is 12.0 Å². The zero-order valence-corrected chi connectivity index (χ0v) is 10.7. The monoisotopic (exact) mass is 238 g/mol. The van der Waals surface area contributed by atoms with E-state index in [1.807, 2.05) is 24.3 Å². The van der Waals surface area contributed by atoms with Gasteiger partial charge in [-0.1, -0.05) is 55.2 Å². The topological polar surface area (TPSA) is 20.2 Å². The number of aliphatic hydroxyl groups excluding tert-OH is 1. The first kappa shape index (κ1) is 14.1. The predicted octanol–water partition coefficient (Wildman–Crippen LogP) is 3.28. The average molecular weight is 238 g/mol. The molecular formula is C17H18O. The van der Waals surface area contributed by atoms with E-state index < -0.39 is 0 Å². The number of rotatable bonds is 3. The molecule has 0 amide bonds. The van der Waals surface area contributed by atoms with E-state index in [2.05, 4.69) is 30.6 Å². The Balaban J connectivity index is 2.54. The Morgan fingerprint density at radius 2 is 1.94 bits per heavy atom. The highest BCUT2D eigenvalue weighted by atomic mass is 16.3. The Labute approximate surface area is 110 Å². The summed E-state index contributed by atoms with van der Waals surface area (Å²) < 4.78 is 0. The Bertz CT molecular complexity index is 504. The van der Waals surface area contributed by atoms with Crippen LogP contribution in [0.15, 0.2) is 36.4 Å². The van der Waals surface area contributed by atoms with E-state index in [-0.39, 0.29) is 6.61 Å². The summed E-state index contributed by atoms with van der Waals surface area (Å²) in [6.45, 7) is 2.17. The minimum atomic E-state index is 0.0192. The molecule has 1 aromatic carbocycles. The molecule has 0 radical (unpaired) electrons. The molecule has 0 saturated carbocycles. The van der Waals surface area contributed by atoms with Gasteiger partial charge in [-0.05, 0) is 30.2 Å². The van der Waals surface area contributed by atoms with Crippen molar-refractivity contribution in [1.82, 2.24) is 0 Å². The lowest BCUT2D eigenvalue weighted by Crippen LogP contribution is -1.87. The number of benzene rings is 1. The molecule has 0 aliphatic heterocycles. The Kier molecular flexibility index (Phi) is 7.14. The van der Waals surface area contributed by atoms with Gasteiger partial charge in [-0.2, -0.15) is 0 Å². The van der Waals surface area contributed by atoms with Crippen LogP contribution in [0.25, 0.3) is 0 Å². The third kappa shape index (κ3) is 5.39. The summed E-state index contributed by atoms with van der Waals surface area (Å²) in [5.74, 6) is 11.9. The molecule has 0 unspecified atom stereocenters. The van der Waals surface area contributed by atoms with Gasteiger partial charge in [0.05, 0.1) is 6.61 Å². The van der Waals surface area contributed by atoms with Crippen molar-refractivity contribution in [2.75, 3.05) is 0 Å². The molecule has 1 rings (SSSR count). The van der Waals surface area contributed by atoms with Crippen molar-refractivity contribution in [2.24, 2.45) is 0 Å². The van der Waals surface area contributed by atoms with Gasteiger partial charge < -0.3 is 5.11 Å². The minimum Gasteiger partial charge on any atom is -0.392 e. The molecule has 1 heteroatoms. The van der Waals surface area contributed by atoms with Crippen molar-refractivity contribution in [3.05, 3.63) is 47.5 Å². The molecule has 18 heavy (non-hydrogen) atoms. The quantitative estimate of drug-likeness (QED) is 0.633. The lowest BCUT2D eigenvalue weighted by atomic mass is 10.1. The molecule has 92 valence electrons. The van der Waals surface area contributed by atoms with E-state index in [9.17, 15) is 0 Å². The van der Waals surface area contributed by atoms with Crippen LogP contribution >= 0.6 is 0 Å². The van der Waals surface area contributed by atoms with Crippen LogP contribution in [0.4, 0.5) is 0 Å². The number of unbranched alkanes of at least 4 members (excludes halogenated alkanes) is 2. The average Bonchev–Trinajstić information content (AvgIpc) is 2.42. The molecule has 0 heterocycles. The summed E-state index contributed by atoms with van der Waals surface area (Å²) in [6, 6.07) is 7.58. The molecule has 0 aliphatic rings. The lowest BCUT2D eigenvalue weighted by Gasteiger charge is -1.97. The van der Waals surface area contributed by atoms with Crippen LogP contribution in [0.3, 0.4) is 0 Å². The number of hydrogen-bond acceptors (Lipinski definition) is 1. The molecule has 1 aromatic rings. The van der Waals surface area contributed by atoms with Crippen LogP contribution in [-0.4, -0.2) is 5.11 Å². The van der Waals surface area contributed by atoms with Crippen LogP contribution in [0.1, 0.15) is 37.3 Å². The van der Waals surface area contributed by atoms with Gasteiger partial charge in [0.2, 0.25) is 0 Å². The standard InChI is InChI=1S/C17H18O/c1-2-3-4-5-6-7-8-9-12-16-13-10-11-14-17(16)15-18/h7-8,10-11,13-14,18H,2-4,15H2,1H3. The molecule has 0 bridgehead atoms. The first-order valence-electron chi connectivity index (χ1n) is 6.22. The summed E-state index contributed by atoms with van der Waals surface area (Å²) in [7, 11) is 0. The third-order valence-electron chi connectivity index (χ3n) is 2.40. The van der Waals surface area contributed by atoms with Crippen molar-refractivity contribution in [2.45, 2.75) is 32.8 Å². The first-order valence-corrected chi connectivity index (χ1v) is 6.22. The van der Waals surface area contributed by atoms with E-state index in [1.54, 1.807) is 12.2 Å². The van der Waals surface area contributed by atoms with Crippen molar-refractivity contribution in [3.8, 4) is 23.7 Å². The van der Waals surface area contributed by atoms with Crippen LogP contribution < -0.4 is 0 Å². The van der Waals surface area contributed by atoms with E-state index in [4.69, 9.17) is 5.11 Å². The fourth-order valence-corrected chi connectivity index (χ4v) is 1.38. The van der Waals surface area contributed by atoms with Crippen molar-refractivity contribution < 1.29 is 5.11 Å². The van der Waals surface area contributed by atoms with E-state index >= 15 is 0 Å². The zero-order chi connectivity index (χ0) is 13.1. The van der Waals surface area contributed by atoms with E-state index in [0.29, 0.717) is 0 Å². The normalized spacial score (nSPS) is 9.44. The summed E-state index contributed by atoms with van der Waals surface area (Å²) in [5, 5.41) is 9.13. The summed E-state index contributed by atoms with van der Waals surface area (Å²) >= 11 is 0. The van der Waals surface area contributed by atoms with Gasteiger partial charge in [0.1, 0.15) is 0 Å². The predicted molar refractivity (Wildman–Crippen MR) is 75.7 cm³/mol. The van der Waals surface area contributed by atoms with Gasteiger partial charge in [-0.25, -0.2) is 0 Å².